The summed E-state index contributed by atoms with van der Waals surface area (Å²) in [4.78, 5) is 15.5. The Morgan fingerprint density at radius 2 is 1.87 bits per heavy atom. The number of fused-ring (bicyclic) bond motifs is 3. The topological polar surface area (TPSA) is 52.6 Å². The molecule has 0 amide bonds. The third-order valence-electron chi connectivity index (χ3n) is 6.61. The third kappa shape index (κ3) is 3.71. The van der Waals surface area contributed by atoms with Gasteiger partial charge in [0.25, 0.3) is 0 Å². The molecule has 2 aromatic carbocycles. The molecule has 3 aliphatic rings. The zero-order valence-corrected chi connectivity index (χ0v) is 19.4. The normalized spacial score (nSPS) is 24.5. The van der Waals surface area contributed by atoms with E-state index in [1.165, 1.54) is 24.2 Å². The second kappa shape index (κ2) is 8.41. The number of hydrogen-bond acceptors (Lipinski definition) is 5. The number of hydrogen-bond donors (Lipinski definition) is 0. The van der Waals surface area contributed by atoms with Gasteiger partial charge in [-0.25, -0.2) is 0 Å². The lowest BCUT2D eigenvalue weighted by Gasteiger charge is -2.47. The van der Waals surface area contributed by atoms with Crippen LogP contribution in [0.5, 0.6) is 5.06 Å². The van der Waals surface area contributed by atoms with Gasteiger partial charge in [0.15, 0.2) is 10.7 Å². The second-order valence-electron chi connectivity index (χ2n) is 8.33. The van der Waals surface area contributed by atoms with E-state index < -0.39 is 11.6 Å². The van der Waals surface area contributed by atoms with Crippen LogP contribution >= 0.6 is 27.3 Å². The quantitative estimate of drug-likeness (QED) is 0.494. The van der Waals surface area contributed by atoms with Crippen LogP contribution < -0.4 is 9.84 Å². The van der Waals surface area contributed by atoms with Crippen LogP contribution in [-0.4, -0.2) is 24.0 Å². The van der Waals surface area contributed by atoms with Gasteiger partial charge in [-0.05, 0) is 73.5 Å². The van der Waals surface area contributed by atoms with Crippen molar-refractivity contribution in [2.75, 3.05) is 13.1 Å². The molecule has 4 heterocycles. The van der Waals surface area contributed by atoms with Crippen molar-refractivity contribution in [2.24, 2.45) is 5.92 Å². The average molecular weight is 497 g/mol. The lowest BCUT2D eigenvalue weighted by molar-refractivity contribution is -0.320. The molecule has 2 bridgehead atoms. The molecular formula is C25H23BrNO3S-. The van der Waals surface area contributed by atoms with Crippen molar-refractivity contribution in [2.45, 2.75) is 30.9 Å². The highest BCUT2D eigenvalue weighted by Crippen LogP contribution is 2.46. The van der Waals surface area contributed by atoms with Gasteiger partial charge in [-0.2, -0.15) is 0 Å². The first-order valence-corrected chi connectivity index (χ1v) is 12.3. The van der Waals surface area contributed by atoms with E-state index in [1.807, 2.05) is 53.9 Å². The first-order valence-electron chi connectivity index (χ1n) is 10.6. The fourth-order valence-electron chi connectivity index (χ4n) is 5.10. The van der Waals surface area contributed by atoms with Crippen molar-refractivity contribution in [1.82, 2.24) is 4.90 Å². The Morgan fingerprint density at radius 3 is 2.48 bits per heavy atom. The van der Waals surface area contributed by atoms with Gasteiger partial charge in [-0.15, -0.1) is 11.3 Å². The van der Waals surface area contributed by atoms with Gasteiger partial charge < -0.3 is 14.6 Å². The van der Waals surface area contributed by atoms with E-state index in [1.54, 1.807) is 6.07 Å². The van der Waals surface area contributed by atoms with Gasteiger partial charge in [-0.1, -0.05) is 52.3 Å². The molecule has 4 nitrogen and oxygen atoms in total. The Balaban J connectivity index is 1.72. The van der Waals surface area contributed by atoms with Crippen molar-refractivity contribution >= 4 is 33.2 Å². The number of benzene rings is 2. The first kappa shape index (κ1) is 20.7. The zero-order valence-electron chi connectivity index (χ0n) is 17.0. The molecule has 0 saturated carbocycles. The van der Waals surface area contributed by atoms with Crippen molar-refractivity contribution in [1.29, 1.82) is 0 Å². The maximum atomic E-state index is 13.0. The summed E-state index contributed by atoms with van der Waals surface area (Å²) in [7, 11) is 0. The minimum absolute atomic E-state index is 0.175. The number of thiophene rings is 1. The number of carbonyl (C=O) groups is 1. The monoisotopic (exact) mass is 496 g/mol. The van der Waals surface area contributed by atoms with Crippen molar-refractivity contribution in [3.63, 3.8) is 0 Å². The number of piperidine rings is 3. The minimum atomic E-state index is -1.74. The Hall–Kier alpha value is -2.15. The number of halogens is 1. The summed E-state index contributed by atoms with van der Waals surface area (Å²) in [6.45, 7) is 2.10. The van der Waals surface area contributed by atoms with E-state index in [0.29, 0.717) is 22.1 Å². The number of aliphatic carboxylic acids is 1. The van der Waals surface area contributed by atoms with Gasteiger partial charge in [-0.3, -0.25) is 4.90 Å². The smallest absolute Gasteiger partial charge is 0.200 e. The van der Waals surface area contributed by atoms with Gasteiger partial charge in [0, 0.05) is 21.6 Å². The molecule has 6 heteroatoms. The maximum Gasteiger partial charge on any atom is 0.200 e. The number of carboxylic acid groups (broad SMARTS) is 1. The summed E-state index contributed by atoms with van der Waals surface area (Å²) in [5, 5.41) is 15.4. The maximum absolute atomic E-state index is 13.0. The summed E-state index contributed by atoms with van der Waals surface area (Å²) in [6, 6.07) is 18.9. The predicted molar refractivity (Wildman–Crippen MR) is 123 cm³/mol. The van der Waals surface area contributed by atoms with Crippen LogP contribution in [-0.2, 0) is 10.4 Å². The highest BCUT2D eigenvalue weighted by molar-refractivity contribution is 9.10. The first-order chi connectivity index (χ1) is 15.1. The Kier molecular flexibility index (Phi) is 5.63. The van der Waals surface area contributed by atoms with Crippen LogP contribution in [0.4, 0.5) is 0 Å². The van der Waals surface area contributed by atoms with Gasteiger partial charge in [0.2, 0.25) is 0 Å². The molecule has 2 atom stereocenters. The largest absolute Gasteiger partial charge is 0.545 e. The van der Waals surface area contributed by atoms with E-state index in [4.69, 9.17) is 4.74 Å². The summed E-state index contributed by atoms with van der Waals surface area (Å²) < 4.78 is 7.29. The second-order valence-corrected chi connectivity index (χ2v) is 10.2. The molecular weight excluding hydrogens is 474 g/mol. The molecule has 0 radical (unpaired) electrons. The van der Waals surface area contributed by atoms with Gasteiger partial charge in [0.1, 0.15) is 0 Å². The van der Waals surface area contributed by atoms with E-state index in [2.05, 4.69) is 26.9 Å². The van der Waals surface area contributed by atoms with E-state index in [-0.39, 0.29) is 6.04 Å². The number of ether oxygens (including phenoxy) is 1. The highest BCUT2D eigenvalue weighted by atomic mass is 79.9. The van der Waals surface area contributed by atoms with Crippen molar-refractivity contribution < 1.29 is 14.6 Å². The number of rotatable bonds is 6. The summed E-state index contributed by atoms with van der Waals surface area (Å²) in [6.07, 6.45) is 3.48. The Morgan fingerprint density at radius 1 is 1.10 bits per heavy atom. The lowest BCUT2D eigenvalue weighted by Crippen LogP contribution is -2.52. The lowest BCUT2D eigenvalue weighted by atomic mass is 9.76. The number of nitrogens with zero attached hydrogens (tertiary/aromatic N) is 1. The molecule has 6 rings (SSSR count). The van der Waals surface area contributed by atoms with Gasteiger partial charge in [0.05, 0.1) is 5.97 Å². The Bertz CT molecular complexity index is 1060. The van der Waals surface area contributed by atoms with Crippen molar-refractivity contribution in [3.05, 3.63) is 87.2 Å². The summed E-state index contributed by atoms with van der Waals surface area (Å²) in [5.41, 5.74) is 0.471. The van der Waals surface area contributed by atoms with Crippen LogP contribution in [0, 0.1) is 5.92 Å². The molecule has 3 saturated heterocycles. The highest BCUT2D eigenvalue weighted by Gasteiger charge is 2.44. The molecule has 0 aliphatic carbocycles. The summed E-state index contributed by atoms with van der Waals surface area (Å²) >= 11 is 5.00. The van der Waals surface area contributed by atoms with Gasteiger partial charge >= 0.3 is 0 Å². The van der Waals surface area contributed by atoms with E-state index in [0.717, 1.165) is 29.5 Å². The molecule has 2 unspecified atom stereocenters. The molecule has 0 N–H and O–H groups in total. The van der Waals surface area contributed by atoms with Crippen LogP contribution in [0.15, 0.2) is 70.5 Å². The molecule has 1 aromatic heterocycles. The molecule has 3 aliphatic heterocycles. The van der Waals surface area contributed by atoms with Crippen LogP contribution in [0.25, 0.3) is 0 Å². The molecule has 0 spiro atoms. The SMILES string of the molecule is O=C([O-])C(Oc1cccs1)(c1ccccc1)c1ccc(Br)cc1C1CC2CCN1CC2. The van der Waals surface area contributed by atoms with E-state index in [9.17, 15) is 9.90 Å². The number of carbonyl (C=O) groups excluding carboxylic acids is 1. The predicted octanol–water partition coefficient (Wildman–Crippen LogP) is 4.74. The fraction of sp³-hybridized carbons (Fsp3) is 0.320. The zero-order chi connectivity index (χ0) is 21.4. The standard InChI is InChI=1S/C25H24BrNO3S/c26-19-8-9-21(20(16-19)22-15-17-10-12-27(22)13-11-17)25(24(28)29,18-5-2-1-3-6-18)30-23-7-4-14-31-23/h1-9,14,16-17,22H,10-13,15H2,(H,28,29)/p-1. The molecule has 3 fully saturated rings. The molecule has 160 valence electrons. The fourth-order valence-corrected chi connectivity index (χ4v) is 6.10. The van der Waals surface area contributed by atoms with Crippen LogP contribution in [0.2, 0.25) is 0 Å². The Labute approximate surface area is 194 Å². The van der Waals surface area contributed by atoms with Crippen LogP contribution in [0.3, 0.4) is 0 Å². The number of carboxylic acids is 1. The van der Waals surface area contributed by atoms with E-state index >= 15 is 0 Å². The molecule has 3 aromatic rings. The van der Waals surface area contributed by atoms with Crippen LogP contribution in [0.1, 0.15) is 42.0 Å². The minimum Gasteiger partial charge on any atom is -0.545 e. The molecule has 31 heavy (non-hydrogen) atoms. The average Bonchev–Trinajstić information content (AvgIpc) is 3.32. The van der Waals surface area contributed by atoms with Crippen molar-refractivity contribution in [3.8, 4) is 5.06 Å². The summed E-state index contributed by atoms with van der Waals surface area (Å²) in [5.74, 6) is -0.569. The third-order valence-corrected chi connectivity index (χ3v) is 7.85.